The number of carbonyl (C=O) groups excluding carboxylic acids is 1. The highest BCUT2D eigenvalue weighted by Crippen LogP contribution is 2.32. The van der Waals surface area contributed by atoms with E-state index < -0.39 is 24.0 Å². The van der Waals surface area contributed by atoms with Crippen molar-refractivity contribution in [2.45, 2.75) is 18.6 Å². The van der Waals surface area contributed by atoms with Crippen LogP contribution in [0.25, 0.3) is 0 Å². The molecule has 2 atom stereocenters. The number of fused-ring (bicyclic) bond motifs is 1. The summed E-state index contributed by atoms with van der Waals surface area (Å²) in [6, 6.07) is 6.26. The Morgan fingerprint density at radius 3 is 2.79 bits per heavy atom. The summed E-state index contributed by atoms with van der Waals surface area (Å²) < 4.78 is 5.01. The lowest BCUT2D eigenvalue weighted by Crippen LogP contribution is -2.50. The molecule has 0 spiro atoms. The lowest BCUT2D eigenvalue weighted by molar-refractivity contribution is -0.141. The molecule has 6 nitrogen and oxygen atoms in total. The number of aliphatic carboxylic acids is 1. The molecule has 0 aliphatic carbocycles. The van der Waals surface area contributed by atoms with Gasteiger partial charge in [-0.25, -0.2) is 4.79 Å². The van der Waals surface area contributed by atoms with E-state index in [0.29, 0.717) is 12.1 Å². The number of carbonyl (C=O) groups is 2. The molecule has 0 bridgehead atoms. The van der Waals surface area contributed by atoms with Crippen LogP contribution in [0.2, 0.25) is 0 Å². The van der Waals surface area contributed by atoms with Crippen molar-refractivity contribution >= 4 is 17.6 Å². The third kappa shape index (κ3) is 2.32. The molecule has 1 aliphatic rings. The molecule has 0 saturated carbocycles. The summed E-state index contributed by atoms with van der Waals surface area (Å²) in [4.78, 5) is 24.9. The molecular formula is C13H16N2O4. The Bertz CT molecular complexity index is 499. The first-order valence-electron chi connectivity index (χ1n) is 5.96. The zero-order chi connectivity index (χ0) is 14.0. The number of hydrogen-bond donors (Lipinski definition) is 2. The van der Waals surface area contributed by atoms with E-state index >= 15 is 0 Å². The minimum Gasteiger partial charge on any atom is -0.480 e. The van der Waals surface area contributed by atoms with Gasteiger partial charge in [-0.05, 0) is 11.6 Å². The number of amides is 1. The highest BCUT2D eigenvalue weighted by molar-refractivity contribution is 6.04. The molecule has 19 heavy (non-hydrogen) atoms. The van der Waals surface area contributed by atoms with Crippen LogP contribution in [0.5, 0.6) is 0 Å². The summed E-state index contributed by atoms with van der Waals surface area (Å²) in [5.74, 6) is -1.45. The molecule has 1 unspecified atom stereocenters. The van der Waals surface area contributed by atoms with Gasteiger partial charge in [-0.1, -0.05) is 18.2 Å². The molecule has 6 heteroatoms. The number of methoxy groups -OCH3 is 1. The van der Waals surface area contributed by atoms with E-state index in [1.54, 1.807) is 12.1 Å². The van der Waals surface area contributed by atoms with Crippen LogP contribution in [0, 0.1) is 0 Å². The first kappa shape index (κ1) is 13.5. The minimum atomic E-state index is -1.03. The van der Waals surface area contributed by atoms with Gasteiger partial charge in [-0.2, -0.15) is 0 Å². The Hall–Kier alpha value is -1.92. The van der Waals surface area contributed by atoms with Crippen LogP contribution < -0.4 is 10.6 Å². The third-order valence-corrected chi connectivity index (χ3v) is 3.27. The summed E-state index contributed by atoms with van der Waals surface area (Å²) in [5, 5.41) is 9.27. The van der Waals surface area contributed by atoms with Gasteiger partial charge in [0.15, 0.2) is 0 Å². The zero-order valence-corrected chi connectivity index (χ0v) is 10.6. The number of nitrogens with zero attached hydrogens (tertiary/aromatic N) is 1. The largest absolute Gasteiger partial charge is 0.480 e. The van der Waals surface area contributed by atoms with Gasteiger partial charge in [-0.3, -0.25) is 9.69 Å². The number of hydrogen-bond acceptors (Lipinski definition) is 4. The highest BCUT2D eigenvalue weighted by Gasteiger charge is 2.40. The molecule has 0 radical (unpaired) electrons. The van der Waals surface area contributed by atoms with Gasteiger partial charge in [0.05, 0.1) is 0 Å². The molecule has 0 aromatic heterocycles. The fourth-order valence-corrected chi connectivity index (χ4v) is 2.31. The smallest absolute Gasteiger partial charge is 0.327 e. The molecular weight excluding hydrogens is 248 g/mol. The number of benzene rings is 1. The first-order chi connectivity index (χ1) is 9.10. The molecule has 1 heterocycles. The van der Waals surface area contributed by atoms with Crippen molar-refractivity contribution in [2.24, 2.45) is 5.73 Å². The van der Waals surface area contributed by atoms with Crippen LogP contribution in [0.1, 0.15) is 5.56 Å². The maximum absolute atomic E-state index is 12.3. The normalized spacial score (nSPS) is 19.1. The molecule has 1 aliphatic heterocycles. The molecule has 1 amide bonds. The Morgan fingerprint density at radius 1 is 1.53 bits per heavy atom. The van der Waals surface area contributed by atoms with E-state index in [1.807, 2.05) is 12.1 Å². The van der Waals surface area contributed by atoms with E-state index in [9.17, 15) is 14.7 Å². The highest BCUT2D eigenvalue weighted by atomic mass is 16.5. The van der Waals surface area contributed by atoms with E-state index in [4.69, 9.17) is 10.5 Å². The van der Waals surface area contributed by atoms with Crippen LogP contribution in [0.4, 0.5) is 5.69 Å². The molecule has 0 saturated heterocycles. The maximum Gasteiger partial charge on any atom is 0.327 e. The van der Waals surface area contributed by atoms with Crippen molar-refractivity contribution in [3.8, 4) is 0 Å². The molecule has 3 N–H and O–H groups in total. The molecule has 2 rings (SSSR count). The lowest BCUT2D eigenvalue weighted by Gasteiger charge is -2.26. The van der Waals surface area contributed by atoms with Gasteiger partial charge < -0.3 is 15.6 Å². The Morgan fingerprint density at radius 2 is 2.21 bits per heavy atom. The maximum atomic E-state index is 12.3. The number of carboxylic acids is 1. The predicted molar refractivity (Wildman–Crippen MR) is 68.9 cm³/mol. The first-order valence-corrected chi connectivity index (χ1v) is 5.96. The van der Waals surface area contributed by atoms with Gasteiger partial charge in [0.25, 0.3) is 5.91 Å². The third-order valence-electron chi connectivity index (χ3n) is 3.27. The topological polar surface area (TPSA) is 92.9 Å². The van der Waals surface area contributed by atoms with Gasteiger partial charge >= 0.3 is 5.97 Å². The monoisotopic (exact) mass is 264 g/mol. The van der Waals surface area contributed by atoms with Crippen molar-refractivity contribution < 1.29 is 19.4 Å². The molecule has 0 fully saturated rings. The van der Waals surface area contributed by atoms with Crippen molar-refractivity contribution in [3.05, 3.63) is 29.8 Å². The van der Waals surface area contributed by atoms with Gasteiger partial charge in [0.1, 0.15) is 12.1 Å². The fourth-order valence-electron chi connectivity index (χ4n) is 2.31. The summed E-state index contributed by atoms with van der Waals surface area (Å²) in [6.07, 6.45) is -0.522. The lowest BCUT2D eigenvalue weighted by atomic mass is 10.1. The zero-order valence-electron chi connectivity index (χ0n) is 10.6. The Labute approximate surface area is 110 Å². The van der Waals surface area contributed by atoms with Crippen LogP contribution >= 0.6 is 0 Å². The molecule has 102 valence electrons. The number of nitrogens with two attached hydrogens (primary N) is 1. The van der Waals surface area contributed by atoms with Crippen LogP contribution in [-0.2, 0) is 20.7 Å². The second kappa shape index (κ2) is 5.38. The van der Waals surface area contributed by atoms with Crippen molar-refractivity contribution in [1.82, 2.24) is 0 Å². The SMILES string of the molecule is COC(CN)C(=O)N1c2ccccc2C[C@H]1C(=O)O. The number of para-hydroxylation sites is 1. The number of rotatable bonds is 4. The summed E-state index contributed by atoms with van der Waals surface area (Å²) in [5.41, 5.74) is 6.94. The summed E-state index contributed by atoms with van der Waals surface area (Å²) in [7, 11) is 1.38. The van der Waals surface area contributed by atoms with Gasteiger partial charge in [0, 0.05) is 25.8 Å². The van der Waals surface area contributed by atoms with E-state index in [0.717, 1.165) is 5.56 Å². The second-order valence-corrected chi connectivity index (χ2v) is 4.36. The fraction of sp³-hybridized carbons (Fsp3) is 0.385. The minimum absolute atomic E-state index is 0.0142. The molecule has 1 aromatic carbocycles. The summed E-state index contributed by atoms with van der Waals surface area (Å²) >= 11 is 0. The van der Waals surface area contributed by atoms with Crippen molar-refractivity contribution in [3.63, 3.8) is 0 Å². The van der Waals surface area contributed by atoms with E-state index in [2.05, 4.69) is 0 Å². The summed E-state index contributed by atoms with van der Waals surface area (Å²) in [6.45, 7) is 0.0142. The van der Waals surface area contributed by atoms with E-state index in [1.165, 1.54) is 12.0 Å². The quantitative estimate of drug-likeness (QED) is 0.798. The number of anilines is 1. The van der Waals surface area contributed by atoms with E-state index in [-0.39, 0.29) is 6.54 Å². The van der Waals surface area contributed by atoms with Crippen LogP contribution in [0.3, 0.4) is 0 Å². The standard InChI is InChI=1S/C13H16N2O4/c1-19-11(7-14)12(16)15-9-5-3-2-4-8(9)6-10(15)13(17)18/h2-5,10-11H,6-7,14H2,1H3,(H,17,18)/t10-,11?/m0/s1. The average molecular weight is 264 g/mol. The van der Waals surface area contributed by atoms with Crippen LogP contribution in [0.15, 0.2) is 24.3 Å². The molecule has 1 aromatic rings. The van der Waals surface area contributed by atoms with Crippen molar-refractivity contribution in [1.29, 1.82) is 0 Å². The Balaban J connectivity index is 2.39. The van der Waals surface area contributed by atoms with Crippen LogP contribution in [-0.4, -0.2) is 42.8 Å². The number of ether oxygens (including phenoxy) is 1. The Kier molecular flexibility index (Phi) is 3.82. The van der Waals surface area contributed by atoms with Crippen molar-refractivity contribution in [2.75, 3.05) is 18.6 Å². The second-order valence-electron chi connectivity index (χ2n) is 4.36. The number of carboxylic acid groups (broad SMARTS) is 1. The van der Waals surface area contributed by atoms with Gasteiger partial charge in [-0.15, -0.1) is 0 Å². The predicted octanol–water partition coefficient (Wildman–Crippen LogP) is 0.00260. The van der Waals surface area contributed by atoms with Gasteiger partial charge in [0.2, 0.25) is 0 Å². The average Bonchev–Trinajstić information content (AvgIpc) is 2.79.